The number of benzene rings is 1. The Bertz CT molecular complexity index is 484. The van der Waals surface area contributed by atoms with Gasteiger partial charge in [-0.2, -0.15) is 0 Å². The van der Waals surface area contributed by atoms with Crippen LogP contribution in [0.2, 0.25) is 0 Å². The van der Waals surface area contributed by atoms with Crippen molar-refractivity contribution in [3.8, 4) is 0 Å². The molecule has 0 bridgehead atoms. The van der Waals surface area contributed by atoms with Gasteiger partial charge in [0.25, 0.3) is 0 Å². The van der Waals surface area contributed by atoms with Gasteiger partial charge in [-0.25, -0.2) is 12.7 Å². The molecule has 1 aromatic rings. The average Bonchev–Trinajstić information content (AvgIpc) is 2.39. The molecule has 0 fully saturated rings. The lowest BCUT2D eigenvalue weighted by Gasteiger charge is -2.22. The molecule has 0 aromatic heterocycles. The molecular weight excluding hydrogens is 272 g/mol. The maximum absolute atomic E-state index is 11.7. The smallest absolute Gasteiger partial charge is 0.214 e. The first-order valence-electron chi connectivity index (χ1n) is 7.00. The zero-order chi connectivity index (χ0) is 15.2. The van der Waals surface area contributed by atoms with Crippen molar-refractivity contribution < 1.29 is 8.42 Å². The van der Waals surface area contributed by atoms with Gasteiger partial charge in [0.1, 0.15) is 0 Å². The van der Waals surface area contributed by atoms with Gasteiger partial charge in [-0.05, 0) is 17.4 Å². The van der Waals surface area contributed by atoms with E-state index in [9.17, 15) is 8.42 Å². The third-order valence-corrected chi connectivity index (χ3v) is 5.32. The van der Waals surface area contributed by atoms with Gasteiger partial charge in [0.15, 0.2) is 0 Å². The largest absolute Gasteiger partial charge is 0.315 e. The predicted molar refractivity (Wildman–Crippen MR) is 84.4 cm³/mol. The second-order valence-electron chi connectivity index (χ2n) is 5.56. The summed E-state index contributed by atoms with van der Waals surface area (Å²) in [5, 5.41) is 3.27. The summed E-state index contributed by atoms with van der Waals surface area (Å²) in [5.74, 6) is 1.05. The van der Waals surface area contributed by atoms with Gasteiger partial charge in [-0.1, -0.05) is 44.2 Å². The first-order chi connectivity index (χ1) is 9.34. The van der Waals surface area contributed by atoms with Crippen molar-refractivity contribution in [3.05, 3.63) is 35.9 Å². The van der Waals surface area contributed by atoms with Crippen molar-refractivity contribution in [2.24, 2.45) is 5.92 Å². The lowest BCUT2D eigenvalue weighted by Crippen LogP contribution is -2.33. The van der Waals surface area contributed by atoms with Gasteiger partial charge >= 0.3 is 0 Å². The van der Waals surface area contributed by atoms with Crippen molar-refractivity contribution in [3.63, 3.8) is 0 Å². The molecule has 0 spiro atoms. The Hall–Kier alpha value is -0.910. The highest BCUT2D eigenvalue weighted by Gasteiger charge is 2.16. The van der Waals surface area contributed by atoms with Crippen LogP contribution in [0.3, 0.4) is 0 Å². The number of nitrogens with one attached hydrogen (secondary N) is 1. The summed E-state index contributed by atoms with van der Waals surface area (Å²) in [5.41, 5.74) is 1.30. The van der Waals surface area contributed by atoms with Gasteiger partial charge < -0.3 is 5.32 Å². The van der Waals surface area contributed by atoms with Gasteiger partial charge in [0.2, 0.25) is 10.0 Å². The standard InChI is InChI=1S/C15H26N2O2S/c1-13(2)15(14-8-6-5-7-9-14)12-16-10-11-20(18,19)17(3)4/h5-9,13,15-16H,10-12H2,1-4H3. The zero-order valence-corrected chi connectivity index (χ0v) is 13.7. The summed E-state index contributed by atoms with van der Waals surface area (Å²) < 4.78 is 24.6. The van der Waals surface area contributed by atoms with Crippen LogP contribution in [0, 0.1) is 5.92 Å². The first kappa shape index (κ1) is 17.1. The van der Waals surface area contributed by atoms with Gasteiger partial charge in [-0.15, -0.1) is 0 Å². The Kier molecular flexibility index (Phi) is 6.65. The minimum atomic E-state index is -3.11. The van der Waals surface area contributed by atoms with Crippen LogP contribution < -0.4 is 5.32 Å². The lowest BCUT2D eigenvalue weighted by atomic mass is 9.88. The van der Waals surface area contributed by atoms with E-state index < -0.39 is 10.0 Å². The van der Waals surface area contributed by atoms with E-state index in [1.54, 1.807) is 14.1 Å². The Labute approximate surface area is 123 Å². The van der Waals surface area contributed by atoms with Gasteiger partial charge in [-0.3, -0.25) is 0 Å². The lowest BCUT2D eigenvalue weighted by molar-refractivity contribution is 0.464. The van der Waals surface area contributed by atoms with Crippen LogP contribution in [0.15, 0.2) is 30.3 Å². The summed E-state index contributed by atoms with van der Waals surface area (Å²) in [4.78, 5) is 0. The molecule has 0 saturated carbocycles. The van der Waals surface area contributed by atoms with E-state index in [0.717, 1.165) is 6.54 Å². The second-order valence-corrected chi connectivity index (χ2v) is 7.87. The van der Waals surface area contributed by atoms with Crippen molar-refractivity contribution in [2.45, 2.75) is 19.8 Å². The Morgan fingerprint density at radius 3 is 2.25 bits per heavy atom. The molecule has 1 N–H and O–H groups in total. The molecule has 0 radical (unpaired) electrons. The topological polar surface area (TPSA) is 49.4 Å². The molecule has 0 aliphatic rings. The van der Waals surface area contributed by atoms with Crippen LogP contribution in [0.25, 0.3) is 0 Å². The minimum Gasteiger partial charge on any atom is -0.315 e. The zero-order valence-electron chi connectivity index (χ0n) is 12.8. The second kappa shape index (κ2) is 7.76. The van der Waals surface area contributed by atoms with Crippen molar-refractivity contribution in [1.82, 2.24) is 9.62 Å². The molecular formula is C15H26N2O2S. The normalized spacial score (nSPS) is 13.9. The van der Waals surface area contributed by atoms with Crippen molar-refractivity contribution in [2.75, 3.05) is 32.9 Å². The molecule has 0 amide bonds. The van der Waals surface area contributed by atoms with E-state index in [2.05, 4.69) is 31.3 Å². The maximum atomic E-state index is 11.7. The van der Waals surface area contributed by atoms with Crippen LogP contribution in [-0.2, 0) is 10.0 Å². The Morgan fingerprint density at radius 2 is 1.75 bits per heavy atom. The molecule has 0 saturated heterocycles. The Morgan fingerprint density at radius 1 is 1.15 bits per heavy atom. The molecule has 0 heterocycles. The Balaban J connectivity index is 2.50. The molecule has 1 aromatic carbocycles. The molecule has 114 valence electrons. The highest BCUT2D eigenvalue weighted by atomic mass is 32.2. The molecule has 20 heavy (non-hydrogen) atoms. The van der Waals surface area contributed by atoms with Gasteiger partial charge in [0, 0.05) is 27.2 Å². The summed E-state index contributed by atoms with van der Waals surface area (Å²) in [6.45, 7) is 5.66. The molecule has 1 atom stereocenters. The highest BCUT2D eigenvalue weighted by molar-refractivity contribution is 7.89. The third kappa shape index (κ3) is 5.23. The van der Waals surface area contributed by atoms with E-state index in [1.807, 2.05) is 18.2 Å². The van der Waals surface area contributed by atoms with Crippen molar-refractivity contribution in [1.29, 1.82) is 0 Å². The summed E-state index contributed by atoms with van der Waals surface area (Å²) >= 11 is 0. The summed E-state index contributed by atoms with van der Waals surface area (Å²) in [7, 11) is 0.0212. The van der Waals surface area contributed by atoms with Crippen LogP contribution >= 0.6 is 0 Å². The first-order valence-corrected chi connectivity index (χ1v) is 8.61. The average molecular weight is 298 g/mol. The molecule has 1 rings (SSSR count). The van der Waals surface area contributed by atoms with E-state index in [0.29, 0.717) is 18.4 Å². The van der Waals surface area contributed by atoms with Crippen LogP contribution in [-0.4, -0.2) is 45.7 Å². The molecule has 5 heteroatoms. The van der Waals surface area contributed by atoms with E-state index in [4.69, 9.17) is 0 Å². The number of rotatable bonds is 8. The number of hydrogen-bond donors (Lipinski definition) is 1. The highest BCUT2D eigenvalue weighted by Crippen LogP contribution is 2.23. The molecule has 1 unspecified atom stereocenters. The molecule has 0 aliphatic carbocycles. The van der Waals surface area contributed by atoms with E-state index >= 15 is 0 Å². The SMILES string of the molecule is CC(C)C(CNCCS(=O)(=O)N(C)C)c1ccccc1. The number of nitrogens with zero attached hydrogens (tertiary/aromatic N) is 1. The van der Waals surface area contributed by atoms with Crippen molar-refractivity contribution >= 4 is 10.0 Å². The third-order valence-electron chi connectivity index (χ3n) is 3.49. The number of hydrogen-bond acceptors (Lipinski definition) is 3. The summed E-state index contributed by atoms with van der Waals surface area (Å²) in [6, 6.07) is 10.4. The fraction of sp³-hybridized carbons (Fsp3) is 0.600. The molecule has 0 aliphatic heterocycles. The monoisotopic (exact) mass is 298 g/mol. The van der Waals surface area contributed by atoms with Crippen LogP contribution in [0.4, 0.5) is 0 Å². The fourth-order valence-corrected chi connectivity index (χ4v) is 2.85. The summed E-state index contributed by atoms with van der Waals surface area (Å²) in [6.07, 6.45) is 0. The molecule has 4 nitrogen and oxygen atoms in total. The fourth-order valence-electron chi connectivity index (χ4n) is 2.08. The van der Waals surface area contributed by atoms with Crippen LogP contribution in [0.5, 0.6) is 0 Å². The van der Waals surface area contributed by atoms with E-state index in [-0.39, 0.29) is 5.75 Å². The quantitative estimate of drug-likeness (QED) is 0.746. The number of sulfonamides is 1. The van der Waals surface area contributed by atoms with Gasteiger partial charge in [0.05, 0.1) is 5.75 Å². The maximum Gasteiger partial charge on any atom is 0.214 e. The van der Waals surface area contributed by atoms with E-state index in [1.165, 1.54) is 9.87 Å². The minimum absolute atomic E-state index is 0.138. The van der Waals surface area contributed by atoms with Crippen LogP contribution in [0.1, 0.15) is 25.3 Å². The predicted octanol–water partition coefficient (Wildman–Crippen LogP) is 1.91.